The summed E-state index contributed by atoms with van der Waals surface area (Å²) in [6.45, 7) is 0. The summed E-state index contributed by atoms with van der Waals surface area (Å²) >= 11 is 0. The Kier molecular flexibility index (Phi) is 1.70. The van der Waals surface area contributed by atoms with E-state index < -0.39 is 0 Å². The normalized spacial score (nSPS) is 11.6. The molecule has 0 saturated carbocycles. The highest BCUT2D eigenvalue weighted by molar-refractivity contribution is 5.91. The topological polar surface area (TPSA) is 43.3 Å². The van der Waals surface area contributed by atoms with Crippen molar-refractivity contribution in [2.24, 2.45) is 0 Å². The molecule has 0 aliphatic rings. The lowest BCUT2D eigenvalue weighted by molar-refractivity contribution is 1.30. The number of pyridine rings is 1. The number of benzene rings is 2. The zero-order chi connectivity index (χ0) is 12.1. The van der Waals surface area contributed by atoms with Crippen molar-refractivity contribution in [3.8, 4) is 0 Å². The van der Waals surface area contributed by atoms with Crippen LogP contribution in [0.2, 0.25) is 0 Å². The average molecular weight is 233 g/mol. The van der Waals surface area contributed by atoms with Crippen LogP contribution >= 0.6 is 0 Å². The molecule has 4 aromatic rings. The lowest BCUT2D eigenvalue weighted by atomic mass is 10.2. The third-order valence-corrected chi connectivity index (χ3v) is 3.29. The number of para-hydroxylation sites is 2. The van der Waals surface area contributed by atoms with E-state index in [1.54, 1.807) is 0 Å². The van der Waals surface area contributed by atoms with Gasteiger partial charge in [-0.1, -0.05) is 18.2 Å². The third kappa shape index (κ3) is 1.16. The summed E-state index contributed by atoms with van der Waals surface area (Å²) in [5.41, 5.74) is 10.8. The Balaban J connectivity index is 2.35. The molecule has 86 valence electrons. The first-order valence-corrected chi connectivity index (χ1v) is 5.88. The molecule has 0 radical (unpaired) electrons. The summed E-state index contributed by atoms with van der Waals surface area (Å²) in [5, 5.41) is 1.17. The number of nitrogens with two attached hydrogens (primary N) is 1. The highest BCUT2D eigenvalue weighted by atomic mass is 15.0. The van der Waals surface area contributed by atoms with Crippen molar-refractivity contribution >= 4 is 33.3 Å². The van der Waals surface area contributed by atoms with Gasteiger partial charge in [0.15, 0.2) is 0 Å². The van der Waals surface area contributed by atoms with Crippen LogP contribution < -0.4 is 5.73 Å². The summed E-state index contributed by atoms with van der Waals surface area (Å²) in [6.07, 6.45) is 0. The largest absolute Gasteiger partial charge is 0.399 e. The van der Waals surface area contributed by atoms with Crippen molar-refractivity contribution in [1.29, 1.82) is 0 Å². The minimum absolute atomic E-state index is 0.771. The molecular formula is C15H11N3. The molecule has 0 atom stereocenters. The van der Waals surface area contributed by atoms with E-state index in [1.807, 2.05) is 42.5 Å². The first-order valence-electron chi connectivity index (χ1n) is 5.88. The average Bonchev–Trinajstić information content (AvgIpc) is 2.77. The maximum absolute atomic E-state index is 5.89. The molecule has 2 N–H and O–H groups in total. The molecule has 2 heterocycles. The van der Waals surface area contributed by atoms with Gasteiger partial charge in [-0.2, -0.15) is 0 Å². The van der Waals surface area contributed by atoms with Crippen LogP contribution in [-0.2, 0) is 0 Å². The van der Waals surface area contributed by atoms with E-state index in [9.17, 15) is 0 Å². The molecule has 0 aliphatic carbocycles. The maximum Gasteiger partial charge on any atom is 0.138 e. The standard InChI is InChI=1S/C15H11N3/c16-11-7-5-10-6-8-15-17-12-3-1-2-4-13(12)18(15)14(10)9-11/h1-9H,16H2. The van der Waals surface area contributed by atoms with E-state index in [4.69, 9.17) is 5.73 Å². The molecule has 18 heavy (non-hydrogen) atoms. The van der Waals surface area contributed by atoms with Gasteiger partial charge in [0, 0.05) is 5.69 Å². The Labute approximate surface area is 103 Å². The lowest BCUT2D eigenvalue weighted by Gasteiger charge is -2.04. The van der Waals surface area contributed by atoms with Gasteiger partial charge >= 0.3 is 0 Å². The number of aromatic nitrogens is 2. The SMILES string of the molecule is Nc1ccc2ccc3nc4ccccc4n3c2c1. The van der Waals surface area contributed by atoms with Gasteiger partial charge in [-0.3, -0.25) is 4.40 Å². The van der Waals surface area contributed by atoms with Gasteiger partial charge in [0.2, 0.25) is 0 Å². The third-order valence-electron chi connectivity index (χ3n) is 3.29. The predicted molar refractivity (Wildman–Crippen MR) is 74.6 cm³/mol. The van der Waals surface area contributed by atoms with Crippen molar-refractivity contribution in [2.45, 2.75) is 0 Å². The van der Waals surface area contributed by atoms with Gasteiger partial charge in [-0.05, 0) is 41.8 Å². The van der Waals surface area contributed by atoms with E-state index in [0.717, 1.165) is 27.9 Å². The molecule has 0 saturated heterocycles. The maximum atomic E-state index is 5.89. The lowest BCUT2D eigenvalue weighted by Crippen LogP contribution is -1.90. The number of rotatable bonds is 0. The second-order valence-electron chi connectivity index (χ2n) is 4.45. The van der Waals surface area contributed by atoms with Crippen LogP contribution in [0, 0.1) is 0 Å². The molecule has 0 bridgehead atoms. The first-order chi connectivity index (χ1) is 8.83. The highest BCUT2D eigenvalue weighted by Crippen LogP contribution is 2.24. The minimum Gasteiger partial charge on any atom is -0.399 e. The number of nitrogens with zero attached hydrogens (tertiary/aromatic N) is 2. The quantitative estimate of drug-likeness (QED) is 0.474. The van der Waals surface area contributed by atoms with Crippen LogP contribution in [0.3, 0.4) is 0 Å². The summed E-state index contributed by atoms with van der Waals surface area (Å²) in [7, 11) is 0. The summed E-state index contributed by atoms with van der Waals surface area (Å²) in [5.74, 6) is 0. The van der Waals surface area contributed by atoms with Crippen LogP contribution in [0.1, 0.15) is 0 Å². The van der Waals surface area contributed by atoms with Crippen molar-refractivity contribution in [3.63, 3.8) is 0 Å². The van der Waals surface area contributed by atoms with Crippen LogP contribution in [0.5, 0.6) is 0 Å². The number of hydrogen-bond acceptors (Lipinski definition) is 2. The molecule has 0 aliphatic heterocycles. The molecule has 2 aromatic carbocycles. The number of fused-ring (bicyclic) bond motifs is 5. The Bertz CT molecular complexity index is 890. The molecule has 0 spiro atoms. The minimum atomic E-state index is 0.771. The van der Waals surface area contributed by atoms with E-state index in [1.165, 1.54) is 5.39 Å². The molecular weight excluding hydrogens is 222 g/mol. The van der Waals surface area contributed by atoms with Gasteiger partial charge in [-0.15, -0.1) is 0 Å². The second kappa shape index (κ2) is 3.23. The Morgan fingerprint density at radius 2 is 1.72 bits per heavy atom. The van der Waals surface area contributed by atoms with Crippen LogP contribution in [0.15, 0.2) is 54.6 Å². The van der Waals surface area contributed by atoms with Gasteiger partial charge in [0.25, 0.3) is 0 Å². The fraction of sp³-hybridized carbons (Fsp3) is 0. The van der Waals surface area contributed by atoms with Gasteiger partial charge < -0.3 is 5.73 Å². The smallest absolute Gasteiger partial charge is 0.138 e. The fourth-order valence-electron chi connectivity index (χ4n) is 2.47. The van der Waals surface area contributed by atoms with Crippen LogP contribution in [0.25, 0.3) is 27.6 Å². The summed E-state index contributed by atoms with van der Waals surface area (Å²) in [6, 6.07) is 18.2. The van der Waals surface area contributed by atoms with Crippen molar-refractivity contribution in [1.82, 2.24) is 9.38 Å². The predicted octanol–water partition coefficient (Wildman–Crippen LogP) is 3.22. The van der Waals surface area contributed by atoms with Crippen molar-refractivity contribution < 1.29 is 0 Å². The zero-order valence-electron chi connectivity index (χ0n) is 9.67. The van der Waals surface area contributed by atoms with Crippen LogP contribution in [0.4, 0.5) is 5.69 Å². The Morgan fingerprint density at radius 1 is 0.889 bits per heavy atom. The highest BCUT2D eigenvalue weighted by Gasteiger charge is 2.06. The fourth-order valence-corrected chi connectivity index (χ4v) is 2.47. The number of nitrogen functional groups attached to an aromatic ring is 1. The van der Waals surface area contributed by atoms with E-state index >= 15 is 0 Å². The van der Waals surface area contributed by atoms with Gasteiger partial charge in [0.1, 0.15) is 5.65 Å². The van der Waals surface area contributed by atoms with E-state index in [0.29, 0.717) is 0 Å². The number of anilines is 1. The monoisotopic (exact) mass is 233 g/mol. The Morgan fingerprint density at radius 3 is 2.67 bits per heavy atom. The Hall–Kier alpha value is -2.55. The molecule has 4 rings (SSSR count). The molecule has 0 amide bonds. The van der Waals surface area contributed by atoms with E-state index in [2.05, 4.69) is 21.5 Å². The second-order valence-corrected chi connectivity index (χ2v) is 4.45. The van der Waals surface area contributed by atoms with Crippen LogP contribution in [-0.4, -0.2) is 9.38 Å². The summed E-state index contributed by atoms with van der Waals surface area (Å²) < 4.78 is 2.15. The molecule has 2 aromatic heterocycles. The summed E-state index contributed by atoms with van der Waals surface area (Å²) in [4.78, 5) is 4.62. The van der Waals surface area contributed by atoms with E-state index in [-0.39, 0.29) is 0 Å². The van der Waals surface area contributed by atoms with Crippen molar-refractivity contribution in [3.05, 3.63) is 54.6 Å². The van der Waals surface area contributed by atoms with Gasteiger partial charge in [0.05, 0.1) is 16.6 Å². The first kappa shape index (κ1) is 9.48. The molecule has 3 heteroatoms. The molecule has 0 unspecified atom stereocenters. The zero-order valence-corrected chi connectivity index (χ0v) is 9.67. The number of hydrogen-bond donors (Lipinski definition) is 1. The van der Waals surface area contributed by atoms with Crippen molar-refractivity contribution in [2.75, 3.05) is 5.73 Å². The number of imidazole rings is 1. The van der Waals surface area contributed by atoms with Gasteiger partial charge in [-0.25, -0.2) is 4.98 Å². The molecule has 3 nitrogen and oxygen atoms in total. The molecule has 0 fully saturated rings.